The Kier molecular flexibility index (Phi) is 4.04. The van der Waals surface area contributed by atoms with E-state index in [2.05, 4.69) is 9.57 Å². The second kappa shape index (κ2) is 6.51. The Bertz CT molecular complexity index is 998. The van der Waals surface area contributed by atoms with Gasteiger partial charge >= 0.3 is 11.6 Å². The van der Waals surface area contributed by atoms with E-state index in [1.54, 1.807) is 6.07 Å². The van der Waals surface area contributed by atoms with Crippen molar-refractivity contribution in [2.75, 3.05) is 0 Å². The van der Waals surface area contributed by atoms with Gasteiger partial charge in [0, 0.05) is 24.1 Å². The second-order valence-corrected chi connectivity index (χ2v) is 6.06. The molecule has 3 heterocycles. The van der Waals surface area contributed by atoms with Gasteiger partial charge in [0.1, 0.15) is 30.4 Å². The molecule has 2 aromatic heterocycles. The summed E-state index contributed by atoms with van der Waals surface area (Å²) in [5, 5.41) is 3.92. The molecule has 1 atom stereocenters. The molecule has 0 saturated carbocycles. The van der Waals surface area contributed by atoms with Crippen molar-refractivity contribution < 1.29 is 23.2 Å². The first-order valence-corrected chi connectivity index (χ1v) is 8.10. The zero-order chi connectivity index (χ0) is 18.1. The lowest BCUT2D eigenvalue weighted by Gasteiger charge is -2.02. The van der Waals surface area contributed by atoms with Crippen LogP contribution < -0.4 is 10.4 Å². The van der Waals surface area contributed by atoms with Crippen LogP contribution in [0, 0.1) is 0 Å². The molecule has 0 aliphatic carbocycles. The lowest BCUT2D eigenvalue weighted by molar-refractivity contribution is 0.0461. The summed E-state index contributed by atoms with van der Waals surface area (Å²) in [4.78, 5) is 22.8. The van der Waals surface area contributed by atoms with E-state index < -0.39 is 11.6 Å². The number of rotatable bonds is 4. The third-order valence-corrected chi connectivity index (χ3v) is 4.03. The van der Waals surface area contributed by atoms with Crippen LogP contribution in [0.5, 0.6) is 5.75 Å². The molecular formula is C19H15NO6. The molecule has 0 fully saturated rings. The Balaban J connectivity index is 1.44. The van der Waals surface area contributed by atoms with E-state index in [1.807, 2.05) is 25.1 Å². The fraction of sp³-hybridized carbons (Fsp3) is 0.211. The highest BCUT2D eigenvalue weighted by molar-refractivity contribution is 5.88. The molecule has 0 radical (unpaired) electrons. The molecule has 7 nitrogen and oxygen atoms in total. The molecule has 4 rings (SSSR count). The summed E-state index contributed by atoms with van der Waals surface area (Å²) in [7, 11) is 0. The molecule has 132 valence electrons. The molecule has 1 aliphatic rings. The first-order chi connectivity index (χ1) is 12.6. The standard InChI is InChI=1S/C19H15NO6/c1-11-6-14-7-12(2-4-16(14)25-11)17-8-15(20-26-17)10-24-19(22)13-3-5-18(21)23-9-13/h2-5,7-9,11H,6,10H2,1H3. The number of hydrogen-bond acceptors (Lipinski definition) is 7. The van der Waals surface area contributed by atoms with E-state index in [0.717, 1.165) is 35.6 Å². The number of ether oxygens (including phenoxy) is 2. The Morgan fingerprint density at radius 2 is 2.15 bits per heavy atom. The average Bonchev–Trinajstić information content (AvgIpc) is 3.25. The van der Waals surface area contributed by atoms with E-state index in [0.29, 0.717) is 11.5 Å². The lowest BCUT2D eigenvalue weighted by atomic mass is 10.1. The third kappa shape index (κ3) is 3.23. The number of nitrogens with zero attached hydrogens (tertiary/aromatic N) is 1. The van der Waals surface area contributed by atoms with E-state index in [-0.39, 0.29) is 18.3 Å². The predicted molar refractivity (Wildman–Crippen MR) is 89.8 cm³/mol. The topological polar surface area (TPSA) is 91.8 Å². The molecule has 3 aromatic rings. The number of benzene rings is 1. The van der Waals surface area contributed by atoms with Gasteiger partial charge in [-0.15, -0.1) is 0 Å². The first-order valence-electron chi connectivity index (χ1n) is 8.10. The van der Waals surface area contributed by atoms with Gasteiger partial charge < -0.3 is 18.4 Å². The number of esters is 1. The predicted octanol–water partition coefficient (Wildman–Crippen LogP) is 2.98. The second-order valence-electron chi connectivity index (χ2n) is 6.06. The molecule has 1 aromatic carbocycles. The van der Waals surface area contributed by atoms with Crippen LogP contribution in [0.4, 0.5) is 0 Å². The van der Waals surface area contributed by atoms with Crippen LogP contribution in [0.2, 0.25) is 0 Å². The van der Waals surface area contributed by atoms with E-state index in [1.165, 1.54) is 6.07 Å². The lowest BCUT2D eigenvalue weighted by Crippen LogP contribution is -2.07. The summed E-state index contributed by atoms with van der Waals surface area (Å²) < 4.78 is 20.8. The van der Waals surface area contributed by atoms with Crippen molar-refractivity contribution in [3.8, 4) is 17.1 Å². The SMILES string of the molecule is CC1Cc2cc(-c3cc(COC(=O)c4ccc(=O)oc4)no3)ccc2O1. The maximum absolute atomic E-state index is 11.9. The average molecular weight is 353 g/mol. The number of hydrogen-bond donors (Lipinski definition) is 0. The Morgan fingerprint density at radius 3 is 2.96 bits per heavy atom. The maximum atomic E-state index is 11.9. The normalized spacial score (nSPS) is 15.3. The molecule has 0 bridgehead atoms. The van der Waals surface area contributed by atoms with Crippen LogP contribution >= 0.6 is 0 Å². The first kappa shape index (κ1) is 16.1. The Hall–Kier alpha value is -3.35. The summed E-state index contributed by atoms with van der Waals surface area (Å²) in [5.41, 5.74) is 2.12. The maximum Gasteiger partial charge on any atom is 0.341 e. The summed E-state index contributed by atoms with van der Waals surface area (Å²) in [6, 6.07) is 10.1. The van der Waals surface area contributed by atoms with E-state index in [4.69, 9.17) is 14.0 Å². The number of aromatic nitrogens is 1. The Morgan fingerprint density at radius 1 is 1.27 bits per heavy atom. The summed E-state index contributed by atoms with van der Waals surface area (Å²) in [6.07, 6.45) is 2.09. The van der Waals surface area contributed by atoms with Crippen LogP contribution in [0.15, 0.2) is 56.4 Å². The van der Waals surface area contributed by atoms with Gasteiger partial charge in [0.05, 0.1) is 5.56 Å². The molecular weight excluding hydrogens is 338 g/mol. The molecule has 0 amide bonds. The molecule has 7 heteroatoms. The minimum Gasteiger partial charge on any atom is -0.490 e. The van der Waals surface area contributed by atoms with E-state index >= 15 is 0 Å². The van der Waals surface area contributed by atoms with Crippen LogP contribution in [0.3, 0.4) is 0 Å². The van der Waals surface area contributed by atoms with Crippen molar-refractivity contribution in [3.05, 3.63) is 69.9 Å². The molecule has 1 aliphatic heterocycles. The van der Waals surface area contributed by atoms with Gasteiger partial charge in [0.2, 0.25) is 0 Å². The molecule has 0 saturated heterocycles. The largest absolute Gasteiger partial charge is 0.490 e. The van der Waals surface area contributed by atoms with E-state index in [9.17, 15) is 9.59 Å². The molecule has 0 spiro atoms. The minimum atomic E-state index is -0.609. The highest BCUT2D eigenvalue weighted by Gasteiger charge is 2.20. The number of carbonyl (C=O) groups excluding carboxylic acids is 1. The fourth-order valence-corrected chi connectivity index (χ4v) is 2.79. The smallest absolute Gasteiger partial charge is 0.341 e. The van der Waals surface area contributed by atoms with Gasteiger partial charge in [-0.3, -0.25) is 0 Å². The number of carbonyl (C=O) groups is 1. The van der Waals surface area contributed by atoms with Crippen molar-refractivity contribution in [1.29, 1.82) is 0 Å². The zero-order valence-corrected chi connectivity index (χ0v) is 13.9. The van der Waals surface area contributed by atoms with Gasteiger partial charge in [0.25, 0.3) is 0 Å². The van der Waals surface area contributed by atoms with Crippen LogP contribution in [-0.4, -0.2) is 17.2 Å². The molecule has 1 unspecified atom stereocenters. The molecule has 26 heavy (non-hydrogen) atoms. The molecule has 0 N–H and O–H groups in total. The highest BCUT2D eigenvalue weighted by Crippen LogP contribution is 2.33. The summed E-state index contributed by atoms with van der Waals surface area (Å²) in [5.74, 6) is 0.871. The summed E-state index contributed by atoms with van der Waals surface area (Å²) >= 11 is 0. The van der Waals surface area contributed by atoms with Crippen molar-refractivity contribution in [2.45, 2.75) is 26.1 Å². The van der Waals surface area contributed by atoms with Crippen molar-refractivity contribution >= 4 is 5.97 Å². The third-order valence-electron chi connectivity index (χ3n) is 4.03. The minimum absolute atomic E-state index is 0.0491. The fourth-order valence-electron chi connectivity index (χ4n) is 2.79. The summed E-state index contributed by atoms with van der Waals surface area (Å²) in [6.45, 7) is 1.98. The van der Waals surface area contributed by atoms with Gasteiger partial charge in [-0.25, -0.2) is 9.59 Å². The van der Waals surface area contributed by atoms with Gasteiger partial charge in [0.15, 0.2) is 5.76 Å². The van der Waals surface area contributed by atoms with Gasteiger partial charge in [-0.05, 0) is 36.8 Å². The zero-order valence-electron chi connectivity index (χ0n) is 13.9. The van der Waals surface area contributed by atoms with Gasteiger partial charge in [-0.1, -0.05) is 5.16 Å². The van der Waals surface area contributed by atoms with Crippen LogP contribution in [0.1, 0.15) is 28.5 Å². The highest BCUT2D eigenvalue weighted by atomic mass is 16.5. The van der Waals surface area contributed by atoms with Crippen molar-refractivity contribution in [3.63, 3.8) is 0 Å². The van der Waals surface area contributed by atoms with Crippen molar-refractivity contribution in [1.82, 2.24) is 5.16 Å². The number of fused-ring (bicyclic) bond motifs is 1. The van der Waals surface area contributed by atoms with Gasteiger partial charge in [-0.2, -0.15) is 0 Å². The Labute approximate surface area is 148 Å². The quantitative estimate of drug-likeness (QED) is 0.666. The van der Waals surface area contributed by atoms with Crippen LogP contribution in [0.25, 0.3) is 11.3 Å². The van der Waals surface area contributed by atoms with Crippen molar-refractivity contribution in [2.24, 2.45) is 0 Å². The van der Waals surface area contributed by atoms with Crippen LogP contribution in [-0.2, 0) is 17.8 Å². The monoisotopic (exact) mass is 353 g/mol.